The Morgan fingerprint density at radius 2 is 1.95 bits per heavy atom. The van der Waals surface area contributed by atoms with Gasteiger partial charge in [0.2, 0.25) is 0 Å². The number of pyridine rings is 1. The molecular formula is C15H17N5O. The summed E-state index contributed by atoms with van der Waals surface area (Å²) >= 11 is 0. The fraction of sp³-hybridized carbons (Fsp3) is 0.200. The van der Waals surface area contributed by atoms with E-state index in [0.29, 0.717) is 5.39 Å². The highest BCUT2D eigenvalue weighted by molar-refractivity contribution is 5.81. The first-order valence-corrected chi connectivity index (χ1v) is 6.92. The number of benzene rings is 1. The Hall–Kier alpha value is -2.76. The van der Waals surface area contributed by atoms with Gasteiger partial charge in [0, 0.05) is 25.0 Å². The molecule has 3 rings (SSSR count). The van der Waals surface area contributed by atoms with Gasteiger partial charge in [-0.2, -0.15) is 0 Å². The van der Waals surface area contributed by atoms with Crippen LogP contribution in [0.3, 0.4) is 0 Å². The van der Waals surface area contributed by atoms with Crippen molar-refractivity contribution in [2.24, 2.45) is 0 Å². The van der Waals surface area contributed by atoms with E-state index in [4.69, 9.17) is 0 Å². The van der Waals surface area contributed by atoms with Crippen molar-refractivity contribution in [3.8, 4) is 0 Å². The Morgan fingerprint density at radius 1 is 1.05 bits per heavy atom. The van der Waals surface area contributed by atoms with Crippen LogP contribution in [-0.4, -0.2) is 28.3 Å². The average Bonchev–Trinajstić information content (AvgIpc) is 2.89. The topological polar surface area (TPSA) is 85.6 Å². The lowest BCUT2D eigenvalue weighted by Crippen LogP contribution is -2.09. The summed E-state index contributed by atoms with van der Waals surface area (Å²) in [4.78, 5) is 15.6. The van der Waals surface area contributed by atoms with Crippen molar-refractivity contribution in [2.45, 2.75) is 6.42 Å². The third-order valence-electron chi connectivity index (χ3n) is 3.23. The number of aromatic nitrogens is 3. The molecule has 6 heteroatoms. The van der Waals surface area contributed by atoms with Crippen molar-refractivity contribution in [3.63, 3.8) is 0 Å². The molecule has 2 aromatic heterocycles. The molecule has 0 aliphatic heterocycles. The maximum Gasteiger partial charge on any atom is 0.271 e. The Kier molecular flexibility index (Phi) is 3.86. The van der Waals surface area contributed by atoms with E-state index in [1.807, 2.05) is 36.4 Å². The van der Waals surface area contributed by atoms with Crippen LogP contribution >= 0.6 is 0 Å². The molecule has 0 unspecified atom stereocenters. The quantitative estimate of drug-likeness (QED) is 0.522. The Morgan fingerprint density at radius 3 is 2.81 bits per heavy atom. The highest BCUT2D eigenvalue weighted by atomic mass is 16.1. The van der Waals surface area contributed by atoms with Crippen molar-refractivity contribution in [2.75, 3.05) is 23.7 Å². The molecule has 0 aliphatic rings. The zero-order chi connectivity index (χ0) is 14.5. The van der Waals surface area contributed by atoms with Gasteiger partial charge < -0.3 is 10.6 Å². The molecule has 2 heterocycles. The first-order valence-electron chi connectivity index (χ1n) is 6.92. The lowest BCUT2D eigenvalue weighted by Gasteiger charge is -2.07. The van der Waals surface area contributed by atoms with Gasteiger partial charge in [0.15, 0.2) is 0 Å². The molecule has 3 aromatic rings. The van der Waals surface area contributed by atoms with Gasteiger partial charge in [-0.3, -0.25) is 15.0 Å². The number of H-pyrrole nitrogens is 2. The monoisotopic (exact) mass is 283 g/mol. The summed E-state index contributed by atoms with van der Waals surface area (Å²) in [6.45, 7) is 1.70. The zero-order valence-electron chi connectivity index (χ0n) is 11.5. The van der Waals surface area contributed by atoms with Gasteiger partial charge in [-0.15, -0.1) is 0 Å². The molecule has 108 valence electrons. The highest BCUT2D eigenvalue weighted by Crippen LogP contribution is 2.14. The van der Waals surface area contributed by atoms with E-state index in [1.165, 1.54) is 0 Å². The molecular weight excluding hydrogens is 266 g/mol. The van der Waals surface area contributed by atoms with Gasteiger partial charge >= 0.3 is 0 Å². The van der Waals surface area contributed by atoms with Crippen LogP contribution in [0.1, 0.15) is 6.42 Å². The Balaban J connectivity index is 1.47. The lowest BCUT2D eigenvalue weighted by atomic mass is 10.2. The van der Waals surface area contributed by atoms with Gasteiger partial charge in [-0.1, -0.05) is 6.07 Å². The molecule has 0 spiro atoms. The second-order valence-electron chi connectivity index (χ2n) is 4.76. The predicted molar refractivity (Wildman–Crippen MR) is 84.8 cm³/mol. The first kappa shape index (κ1) is 13.2. The number of aromatic amines is 2. The van der Waals surface area contributed by atoms with Crippen molar-refractivity contribution < 1.29 is 0 Å². The summed E-state index contributed by atoms with van der Waals surface area (Å²) < 4.78 is 0. The van der Waals surface area contributed by atoms with Gasteiger partial charge in [0.05, 0.1) is 10.9 Å². The minimum atomic E-state index is -0.0869. The molecule has 21 heavy (non-hydrogen) atoms. The maximum absolute atomic E-state index is 11.4. The van der Waals surface area contributed by atoms with Crippen molar-refractivity contribution in [1.82, 2.24) is 15.2 Å². The molecule has 6 nitrogen and oxygen atoms in total. The number of hydrogen-bond acceptors (Lipinski definition) is 4. The van der Waals surface area contributed by atoms with Crippen molar-refractivity contribution >= 4 is 22.4 Å². The minimum Gasteiger partial charge on any atom is -0.385 e. The summed E-state index contributed by atoms with van der Waals surface area (Å²) in [5.41, 5.74) is 1.73. The molecule has 0 saturated carbocycles. The molecule has 0 saturated heterocycles. The van der Waals surface area contributed by atoms with Crippen LogP contribution in [0.4, 0.5) is 11.5 Å². The van der Waals surface area contributed by atoms with Crippen molar-refractivity contribution in [1.29, 1.82) is 0 Å². The van der Waals surface area contributed by atoms with E-state index in [1.54, 1.807) is 6.20 Å². The standard InChI is InChI=1S/C15H17N5O/c21-15-12-6-5-11(10-13(12)19-20-15)16-8-3-9-18-14-4-1-2-7-17-14/h1-2,4-7,10,16H,3,8-9H2,(H,17,18)(H2,19,20,21). The lowest BCUT2D eigenvalue weighted by molar-refractivity contribution is 0.904. The van der Waals surface area contributed by atoms with Gasteiger partial charge in [-0.25, -0.2) is 4.98 Å². The van der Waals surface area contributed by atoms with Crippen molar-refractivity contribution in [3.05, 3.63) is 52.9 Å². The molecule has 0 bridgehead atoms. The van der Waals surface area contributed by atoms with Crippen LogP contribution in [0.5, 0.6) is 0 Å². The number of anilines is 2. The van der Waals surface area contributed by atoms with Crippen LogP contribution in [0.25, 0.3) is 10.9 Å². The van der Waals surface area contributed by atoms with E-state index in [9.17, 15) is 4.79 Å². The number of nitrogens with zero attached hydrogens (tertiary/aromatic N) is 1. The van der Waals surface area contributed by atoms with E-state index < -0.39 is 0 Å². The van der Waals surface area contributed by atoms with Gasteiger partial charge in [0.1, 0.15) is 5.82 Å². The molecule has 0 atom stereocenters. The smallest absolute Gasteiger partial charge is 0.271 e. The molecule has 0 radical (unpaired) electrons. The number of fused-ring (bicyclic) bond motifs is 1. The second kappa shape index (κ2) is 6.13. The van der Waals surface area contributed by atoms with Gasteiger partial charge in [-0.05, 0) is 36.8 Å². The Labute approximate surface area is 121 Å². The molecule has 0 amide bonds. The maximum atomic E-state index is 11.4. The fourth-order valence-corrected chi connectivity index (χ4v) is 2.15. The summed E-state index contributed by atoms with van der Waals surface area (Å²) in [5.74, 6) is 0.892. The van der Waals surface area contributed by atoms with E-state index in [-0.39, 0.29) is 5.56 Å². The molecule has 0 aliphatic carbocycles. The molecule has 1 aromatic carbocycles. The first-order chi connectivity index (χ1) is 10.3. The summed E-state index contributed by atoms with van der Waals surface area (Å²) in [7, 11) is 0. The minimum absolute atomic E-state index is 0.0869. The average molecular weight is 283 g/mol. The zero-order valence-corrected chi connectivity index (χ0v) is 11.5. The second-order valence-corrected chi connectivity index (χ2v) is 4.76. The van der Waals surface area contributed by atoms with Crippen LogP contribution in [0.2, 0.25) is 0 Å². The fourth-order valence-electron chi connectivity index (χ4n) is 2.15. The third kappa shape index (κ3) is 3.22. The highest BCUT2D eigenvalue weighted by Gasteiger charge is 2.01. The summed E-state index contributed by atoms with van der Waals surface area (Å²) in [5, 5.41) is 12.7. The third-order valence-corrected chi connectivity index (χ3v) is 3.23. The summed E-state index contributed by atoms with van der Waals surface area (Å²) in [6.07, 6.45) is 2.74. The van der Waals surface area contributed by atoms with Crippen LogP contribution in [-0.2, 0) is 0 Å². The largest absolute Gasteiger partial charge is 0.385 e. The SMILES string of the molecule is O=c1[nH][nH]c2cc(NCCCNc3ccccn3)ccc12. The summed E-state index contributed by atoms with van der Waals surface area (Å²) in [6, 6.07) is 11.5. The van der Waals surface area contributed by atoms with E-state index in [0.717, 1.165) is 36.5 Å². The van der Waals surface area contributed by atoms with Crippen LogP contribution in [0.15, 0.2) is 47.4 Å². The number of nitrogens with one attached hydrogen (secondary N) is 4. The number of rotatable bonds is 6. The molecule has 0 fully saturated rings. The Bertz CT molecular complexity index is 762. The van der Waals surface area contributed by atoms with Gasteiger partial charge in [0.25, 0.3) is 5.56 Å². The number of hydrogen-bond donors (Lipinski definition) is 4. The molecule has 4 N–H and O–H groups in total. The van der Waals surface area contributed by atoms with Crippen LogP contribution in [0, 0.1) is 0 Å². The predicted octanol–water partition coefficient (Wildman–Crippen LogP) is 2.17. The van der Waals surface area contributed by atoms with Crippen LogP contribution < -0.4 is 16.2 Å². The normalized spacial score (nSPS) is 10.7. The van der Waals surface area contributed by atoms with E-state index >= 15 is 0 Å². The van der Waals surface area contributed by atoms with E-state index in [2.05, 4.69) is 25.8 Å².